The van der Waals surface area contributed by atoms with Crippen molar-refractivity contribution in [1.29, 1.82) is 0 Å². The Morgan fingerprint density at radius 2 is 2.21 bits per heavy atom. The highest BCUT2D eigenvalue weighted by molar-refractivity contribution is 5.74. The Morgan fingerprint density at radius 1 is 1.42 bits per heavy atom. The van der Waals surface area contributed by atoms with Gasteiger partial charge >= 0.3 is 5.97 Å². The molecule has 0 aromatic heterocycles. The highest BCUT2D eigenvalue weighted by atomic mass is 16.6. The van der Waals surface area contributed by atoms with Gasteiger partial charge in [0.1, 0.15) is 0 Å². The lowest BCUT2D eigenvalue weighted by Gasteiger charge is -2.14. The first-order chi connectivity index (χ1) is 9.19. The lowest BCUT2D eigenvalue weighted by atomic mass is 9.96. The number of esters is 1. The van der Waals surface area contributed by atoms with Crippen molar-refractivity contribution in [2.45, 2.75) is 71.8 Å². The summed E-state index contributed by atoms with van der Waals surface area (Å²) in [4.78, 5) is 11.5. The fourth-order valence-electron chi connectivity index (χ4n) is 2.57. The number of rotatable bonds is 8. The standard InChI is InChI=1S/C16H28O3/c1-4-6-7-9-14-10-8-11-15(14)12-19-13(3)16(17)18-5-2/h12-14H,4-11H2,1-3H3. The molecule has 0 heterocycles. The first-order valence-corrected chi connectivity index (χ1v) is 7.70. The molecule has 0 bridgehead atoms. The van der Waals surface area contributed by atoms with E-state index in [4.69, 9.17) is 9.47 Å². The number of hydrogen-bond acceptors (Lipinski definition) is 3. The molecule has 0 aliphatic heterocycles. The molecule has 0 aromatic rings. The van der Waals surface area contributed by atoms with Gasteiger partial charge in [0.2, 0.25) is 0 Å². The zero-order chi connectivity index (χ0) is 14.1. The number of ether oxygens (including phenoxy) is 2. The summed E-state index contributed by atoms with van der Waals surface area (Å²) in [5.41, 5.74) is 1.38. The first-order valence-electron chi connectivity index (χ1n) is 7.70. The van der Waals surface area contributed by atoms with Gasteiger partial charge in [-0.05, 0) is 51.0 Å². The van der Waals surface area contributed by atoms with Crippen molar-refractivity contribution >= 4 is 5.97 Å². The topological polar surface area (TPSA) is 35.5 Å². The van der Waals surface area contributed by atoms with Crippen LogP contribution in [0, 0.1) is 5.92 Å². The van der Waals surface area contributed by atoms with Crippen molar-refractivity contribution in [1.82, 2.24) is 0 Å². The van der Waals surface area contributed by atoms with E-state index in [-0.39, 0.29) is 5.97 Å². The second kappa shape index (κ2) is 9.00. The van der Waals surface area contributed by atoms with Gasteiger partial charge in [-0.25, -0.2) is 4.79 Å². The third-order valence-electron chi connectivity index (χ3n) is 3.74. The summed E-state index contributed by atoms with van der Waals surface area (Å²) in [7, 11) is 0. The maximum absolute atomic E-state index is 11.5. The smallest absolute Gasteiger partial charge is 0.346 e. The van der Waals surface area contributed by atoms with Crippen molar-refractivity contribution in [2.24, 2.45) is 5.92 Å². The van der Waals surface area contributed by atoms with Gasteiger partial charge in [0.05, 0.1) is 12.9 Å². The van der Waals surface area contributed by atoms with Crippen LogP contribution in [0.15, 0.2) is 11.8 Å². The Hall–Kier alpha value is -0.990. The molecule has 2 atom stereocenters. The molecule has 1 fully saturated rings. The predicted molar refractivity (Wildman–Crippen MR) is 76.7 cm³/mol. The number of carbonyl (C=O) groups is 1. The van der Waals surface area contributed by atoms with Crippen molar-refractivity contribution in [2.75, 3.05) is 6.61 Å². The molecule has 1 rings (SSSR count). The summed E-state index contributed by atoms with van der Waals surface area (Å²) >= 11 is 0. The average molecular weight is 268 g/mol. The van der Waals surface area contributed by atoms with Crippen molar-refractivity contribution < 1.29 is 14.3 Å². The maximum Gasteiger partial charge on any atom is 0.346 e. The van der Waals surface area contributed by atoms with Crippen LogP contribution in [0.2, 0.25) is 0 Å². The Kier molecular flexibility index (Phi) is 7.61. The van der Waals surface area contributed by atoms with E-state index in [1.807, 2.05) is 13.2 Å². The highest BCUT2D eigenvalue weighted by Gasteiger charge is 2.22. The lowest BCUT2D eigenvalue weighted by Crippen LogP contribution is -2.21. The molecule has 3 nitrogen and oxygen atoms in total. The predicted octanol–water partition coefficient (Wildman–Crippen LogP) is 4.22. The van der Waals surface area contributed by atoms with Gasteiger partial charge in [-0.15, -0.1) is 0 Å². The largest absolute Gasteiger partial charge is 0.487 e. The molecule has 1 aliphatic carbocycles. The van der Waals surface area contributed by atoms with E-state index >= 15 is 0 Å². The molecular weight excluding hydrogens is 240 g/mol. The van der Waals surface area contributed by atoms with Gasteiger partial charge < -0.3 is 9.47 Å². The van der Waals surface area contributed by atoms with Crippen molar-refractivity contribution in [3.63, 3.8) is 0 Å². The molecule has 0 saturated heterocycles. The number of carbonyl (C=O) groups excluding carboxylic acids is 1. The van der Waals surface area contributed by atoms with Gasteiger partial charge in [-0.3, -0.25) is 0 Å². The summed E-state index contributed by atoms with van der Waals surface area (Å²) in [6.07, 6.45) is 10.1. The minimum Gasteiger partial charge on any atom is -0.487 e. The quantitative estimate of drug-likeness (QED) is 0.375. The Labute approximate surface area is 117 Å². The molecule has 3 heteroatoms. The molecule has 2 unspecified atom stereocenters. The molecule has 0 amide bonds. The molecule has 19 heavy (non-hydrogen) atoms. The van der Waals surface area contributed by atoms with E-state index in [0.717, 1.165) is 6.42 Å². The number of hydrogen-bond donors (Lipinski definition) is 0. The molecule has 0 aromatic carbocycles. The monoisotopic (exact) mass is 268 g/mol. The van der Waals surface area contributed by atoms with E-state index in [1.165, 1.54) is 44.1 Å². The molecule has 110 valence electrons. The fourth-order valence-corrected chi connectivity index (χ4v) is 2.57. The zero-order valence-corrected chi connectivity index (χ0v) is 12.6. The number of allylic oxidation sites excluding steroid dienone is 1. The Morgan fingerprint density at radius 3 is 2.89 bits per heavy atom. The van der Waals surface area contributed by atoms with Gasteiger partial charge in [0.15, 0.2) is 6.10 Å². The molecule has 0 spiro atoms. The van der Waals surface area contributed by atoms with Gasteiger partial charge in [0, 0.05) is 0 Å². The fraction of sp³-hybridized carbons (Fsp3) is 0.812. The summed E-state index contributed by atoms with van der Waals surface area (Å²) < 4.78 is 10.5. The van der Waals surface area contributed by atoms with E-state index in [0.29, 0.717) is 12.5 Å². The van der Waals surface area contributed by atoms with Crippen LogP contribution < -0.4 is 0 Å². The van der Waals surface area contributed by atoms with Crippen LogP contribution in [-0.4, -0.2) is 18.7 Å². The lowest BCUT2D eigenvalue weighted by molar-refractivity contribution is -0.152. The number of unbranched alkanes of at least 4 members (excludes halogenated alkanes) is 2. The third-order valence-corrected chi connectivity index (χ3v) is 3.74. The zero-order valence-electron chi connectivity index (χ0n) is 12.6. The van der Waals surface area contributed by atoms with E-state index in [1.54, 1.807) is 6.92 Å². The van der Waals surface area contributed by atoms with E-state index in [9.17, 15) is 4.79 Å². The van der Waals surface area contributed by atoms with E-state index < -0.39 is 6.10 Å². The van der Waals surface area contributed by atoms with Crippen LogP contribution in [0.25, 0.3) is 0 Å². The van der Waals surface area contributed by atoms with Crippen LogP contribution in [0.3, 0.4) is 0 Å². The van der Waals surface area contributed by atoms with Gasteiger partial charge in [-0.2, -0.15) is 0 Å². The minimum atomic E-state index is -0.496. The van der Waals surface area contributed by atoms with Crippen LogP contribution in [0.4, 0.5) is 0 Å². The van der Waals surface area contributed by atoms with Crippen LogP contribution in [-0.2, 0) is 14.3 Å². The molecule has 1 saturated carbocycles. The van der Waals surface area contributed by atoms with Crippen LogP contribution in [0.5, 0.6) is 0 Å². The maximum atomic E-state index is 11.5. The molecule has 0 N–H and O–H groups in total. The van der Waals surface area contributed by atoms with Gasteiger partial charge in [-0.1, -0.05) is 26.2 Å². The second-order valence-electron chi connectivity index (χ2n) is 5.31. The molecular formula is C16H28O3. The van der Waals surface area contributed by atoms with Crippen LogP contribution >= 0.6 is 0 Å². The van der Waals surface area contributed by atoms with Crippen LogP contribution in [0.1, 0.15) is 65.7 Å². The molecule has 1 aliphatic rings. The normalized spacial score (nSPS) is 22.5. The second-order valence-corrected chi connectivity index (χ2v) is 5.31. The van der Waals surface area contributed by atoms with Gasteiger partial charge in [0.25, 0.3) is 0 Å². The summed E-state index contributed by atoms with van der Waals surface area (Å²) in [6, 6.07) is 0. The first kappa shape index (κ1) is 16.1. The van der Waals surface area contributed by atoms with Crippen molar-refractivity contribution in [3.8, 4) is 0 Å². The SMILES string of the molecule is CCCCCC1CCCC1=COC(C)C(=O)OCC. The van der Waals surface area contributed by atoms with E-state index in [2.05, 4.69) is 6.92 Å². The highest BCUT2D eigenvalue weighted by Crippen LogP contribution is 2.34. The van der Waals surface area contributed by atoms with Crippen molar-refractivity contribution in [3.05, 3.63) is 11.8 Å². The summed E-state index contributed by atoms with van der Waals surface area (Å²) in [5.74, 6) is 0.390. The summed E-state index contributed by atoms with van der Waals surface area (Å²) in [6.45, 7) is 6.19. The third kappa shape index (κ3) is 5.66. The molecule has 0 radical (unpaired) electrons. The minimum absolute atomic E-state index is 0.278. The Bertz CT molecular complexity index is 296. The summed E-state index contributed by atoms with van der Waals surface area (Å²) in [5, 5.41) is 0. The average Bonchev–Trinajstić information content (AvgIpc) is 2.84. The Balaban J connectivity index is 2.39.